The fraction of sp³-hybridized carbons (Fsp3) is 0.364. The van der Waals surface area contributed by atoms with Gasteiger partial charge in [-0.05, 0) is 31.0 Å². The number of aryl methyl sites for hydroxylation is 1. The van der Waals surface area contributed by atoms with Crippen LogP contribution in [-0.2, 0) is 11.2 Å². The number of rotatable bonds is 4. The number of amides is 1. The highest BCUT2D eigenvalue weighted by Gasteiger charge is 2.02. The molecular formula is C11H15NO2. The van der Waals surface area contributed by atoms with E-state index in [2.05, 4.69) is 0 Å². The van der Waals surface area contributed by atoms with Gasteiger partial charge in [0, 0.05) is 0 Å². The topological polar surface area (TPSA) is 52.3 Å². The van der Waals surface area contributed by atoms with E-state index in [9.17, 15) is 4.79 Å². The van der Waals surface area contributed by atoms with Gasteiger partial charge in [0.15, 0.2) is 0 Å². The normalized spacial score (nSPS) is 9.86. The minimum atomic E-state index is -0.312. The predicted octanol–water partition coefficient (Wildman–Crippen LogP) is 1.42. The molecule has 1 aromatic rings. The standard InChI is InChI=1S/C11H15NO2/c1-3-14-10-5-4-9(6-8(10)2)7-11(12)13/h4-6H,3,7H2,1-2H3,(H2,12,13). The maximum absolute atomic E-state index is 10.7. The first-order valence-electron chi connectivity index (χ1n) is 4.64. The molecule has 1 rings (SSSR count). The summed E-state index contributed by atoms with van der Waals surface area (Å²) in [6.07, 6.45) is 0.285. The molecule has 0 aliphatic carbocycles. The summed E-state index contributed by atoms with van der Waals surface area (Å²) in [7, 11) is 0. The second-order valence-electron chi connectivity index (χ2n) is 3.18. The largest absolute Gasteiger partial charge is 0.494 e. The molecule has 3 nitrogen and oxygen atoms in total. The highest BCUT2D eigenvalue weighted by Crippen LogP contribution is 2.19. The van der Waals surface area contributed by atoms with Gasteiger partial charge in [0.25, 0.3) is 0 Å². The molecule has 0 saturated heterocycles. The smallest absolute Gasteiger partial charge is 0.221 e. The van der Waals surface area contributed by atoms with Crippen LogP contribution >= 0.6 is 0 Å². The maximum atomic E-state index is 10.7. The molecular weight excluding hydrogens is 178 g/mol. The Kier molecular flexibility index (Phi) is 3.51. The molecule has 76 valence electrons. The van der Waals surface area contributed by atoms with Crippen LogP contribution in [0.3, 0.4) is 0 Å². The van der Waals surface area contributed by atoms with Crippen molar-refractivity contribution in [2.45, 2.75) is 20.3 Å². The monoisotopic (exact) mass is 193 g/mol. The highest BCUT2D eigenvalue weighted by molar-refractivity contribution is 5.76. The van der Waals surface area contributed by atoms with Crippen LogP contribution in [0.4, 0.5) is 0 Å². The van der Waals surface area contributed by atoms with Crippen molar-refractivity contribution in [2.24, 2.45) is 5.73 Å². The number of ether oxygens (including phenoxy) is 1. The van der Waals surface area contributed by atoms with Crippen LogP contribution in [0.1, 0.15) is 18.1 Å². The van der Waals surface area contributed by atoms with E-state index in [1.807, 2.05) is 32.0 Å². The summed E-state index contributed by atoms with van der Waals surface area (Å²) in [4.78, 5) is 10.7. The molecule has 1 amide bonds. The van der Waals surface area contributed by atoms with E-state index < -0.39 is 0 Å². The van der Waals surface area contributed by atoms with Crippen LogP contribution in [-0.4, -0.2) is 12.5 Å². The van der Waals surface area contributed by atoms with Crippen LogP contribution in [0.25, 0.3) is 0 Å². The lowest BCUT2D eigenvalue weighted by molar-refractivity contribution is -0.117. The van der Waals surface area contributed by atoms with E-state index in [1.54, 1.807) is 0 Å². The van der Waals surface area contributed by atoms with Gasteiger partial charge >= 0.3 is 0 Å². The van der Waals surface area contributed by atoms with Gasteiger partial charge in [0.2, 0.25) is 5.91 Å². The van der Waals surface area contributed by atoms with Gasteiger partial charge < -0.3 is 10.5 Å². The Morgan fingerprint density at radius 1 is 1.50 bits per heavy atom. The fourth-order valence-corrected chi connectivity index (χ4v) is 1.34. The van der Waals surface area contributed by atoms with E-state index in [1.165, 1.54) is 0 Å². The lowest BCUT2D eigenvalue weighted by atomic mass is 10.1. The van der Waals surface area contributed by atoms with Gasteiger partial charge in [-0.2, -0.15) is 0 Å². The van der Waals surface area contributed by atoms with E-state index >= 15 is 0 Å². The number of benzene rings is 1. The second kappa shape index (κ2) is 4.65. The average Bonchev–Trinajstić information content (AvgIpc) is 2.09. The minimum Gasteiger partial charge on any atom is -0.494 e. The third kappa shape index (κ3) is 2.76. The summed E-state index contributed by atoms with van der Waals surface area (Å²) in [5, 5.41) is 0. The number of nitrogens with two attached hydrogens (primary N) is 1. The first-order chi connectivity index (χ1) is 6.63. The van der Waals surface area contributed by atoms with E-state index in [0.29, 0.717) is 6.61 Å². The molecule has 0 aliphatic heterocycles. The first kappa shape index (κ1) is 10.6. The van der Waals surface area contributed by atoms with Crippen molar-refractivity contribution in [2.75, 3.05) is 6.61 Å². The van der Waals surface area contributed by atoms with Gasteiger partial charge in [-0.1, -0.05) is 12.1 Å². The quantitative estimate of drug-likeness (QED) is 0.786. The SMILES string of the molecule is CCOc1ccc(CC(N)=O)cc1C. The molecule has 0 unspecified atom stereocenters. The molecule has 1 aromatic carbocycles. The van der Waals surface area contributed by atoms with Crippen molar-refractivity contribution >= 4 is 5.91 Å². The Morgan fingerprint density at radius 3 is 2.71 bits per heavy atom. The van der Waals surface area contributed by atoms with Gasteiger partial charge in [-0.15, -0.1) is 0 Å². The van der Waals surface area contributed by atoms with Gasteiger partial charge in [0.05, 0.1) is 13.0 Å². The Bertz CT molecular complexity index is 334. The Balaban J connectivity index is 2.83. The maximum Gasteiger partial charge on any atom is 0.221 e. The molecule has 0 atom stereocenters. The van der Waals surface area contributed by atoms with Crippen molar-refractivity contribution in [3.63, 3.8) is 0 Å². The van der Waals surface area contributed by atoms with Crippen LogP contribution in [0.2, 0.25) is 0 Å². The summed E-state index contributed by atoms with van der Waals surface area (Å²) >= 11 is 0. The second-order valence-corrected chi connectivity index (χ2v) is 3.18. The first-order valence-corrected chi connectivity index (χ1v) is 4.64. The summed E-state index contributed by atoms with van der Waals surface area (Å²) < 4.78 is 5.38. The van der Waals surface area contributed by atoms with Crippen molar-refractivity contribution in [3.05, 3.63) is 29.3 Å². The summed E-state index contributed by atoms with van der Waals surface area (Å²) in [5.41, 5.74) is 7.06. The molecule has 0 heterocycles. The van der Waals surface area contributed by atoms with E-state index in [0.717, 1.165) is 16.9 Å². The molecule has 3 heteroatoms. The van der Waals surface area contributed by atoms with Crippen molar-refractivity contribution in [1.29, 1.82) is 0 Å². The molecule has 0 saturated carbocycles. The third-order valence-corrected chi connectivity index (χ3v) is 1.92. The number of primary amides is 1. The van der Waals surface area contributed by atoms with Crippen LogP contribution in [0.5, 0.6) is 5.75 Å². The van der Waals surface area contributed by atoms with Crippen LogP contribution in [0.15, 0.2) is 18.2 Å². The lowest BCUT2D eigenvalue weighted by Gasteiger charge is -2.07. The van der Waals surface area contributed by atoms with Crippen LogP contribution < -0.4 is 10.5 Å². The zero-order chi connectivity index (χ0) is 10.6. The predicted molar refractivity (Wildman–Crippen MR) is 55.2 cm³/mol. The van der Waals surface area contributed by atoms with Crippen molar-refractivity contribution in [3.8, 4) is 5.75 Å². The third-order valence-electron chi connectivity index (χ3n) is 1.92. The van der Waals surface area contributed by atoms with Gasteiger partial charge in [-0.3, -0.25) is 4.79 Å². The molecule has 0 spiro atoms. The fourth-order valence-electron chi connectivity index (χ4n) is 1.34. The summed E-state index contributed by atoms with van der Waals surface area (Å²) in [6, 6.07) is 5.66. The van der Waals surface area contributed by atoms with Crippen LogP contribution in [0, 0.1) is 6.92 Å². The number of carbonyl (C=O) groups excluding carboxylic acids is 1. The molecule has 0 aliphatic rings. The van der Waals surface area contributed by atoms with E-state index in [4.69, 9.17) is 10.5 Å². The molecule has 0 bridgehead atoms. The molecule has 0 aromatic heterocycles. The Labute approximate surface area is 83.9 Å². The minimum absolute atomic E-state index is 0.285. The van der Waals surface area contributed by atoms with Crippen molar-refractivity contribution < 1.29 is 9.53 Å². The molecule has 0 radical (unpaired) electrons. The van der Waals surface area contributed by atoms with Crippen molar-refractivity contribution in [1.82, 2.24) is 0 Å². The summed E-state index contributed by atoms with van der Waals surface area (Å²) in [6.45, 7) is 4.54. The highest BCUT2D eigenvalue weighted by atomic mass is 16.5. The zero-order valence-corrected chi connectivity index (χ0v) is 8.54. The summed E-state index contributed by atoms with van der Waals surface area (Å²) in [5.74, 6) is 0.550. The van der Waals surface area contributed by atoms with E-state index in [-0.39, 0.29) is 12.3 Å². The number of hydrogen-bond donors (Lipinski definition) is 1. The Hall–Kier alpha value is -1.51. The number of hydrogen-bond acceptors (Lipinski definition) is 2. The number of carbonyl (C=O) groups is 1. The molecule has 0 fully saturated rings. The Morgan fingerprint density at radius 2 is 2.21 bits per heavy atom. The van der Waals surface area contributed by atoms with Gasteiger partial charge in [0.1, 0.15) is 5.75 Å². The molecule has 2 N–H and O–H groups in total. The van der Waals surface area contributed by atoms with Gasteiger partial charge in [-0.25, -0.2) is 0 Å². The molecule has 14 heavy (non-hydrogen) atoms. The average molecular weight is 193 g/mol. The lowest BCUT2D eigenvalue weighted by Crippen LogP contribution is -2.13. The zero-order valence-electron chi connectivity index (χ0n) is 8.54.